The minimum Gasteiger partial charge on any atom is -0.489 e. The molecule has 8 nitrogen and oxygen atoms in total. The first-order chi connectivity index (χ1) is 15.4. The lowest BCUT2D eigenvalue weighted by molar-refractivity contribution is -0.134. The molecule has 2 aliphatic rings. The summed E-state index contributed by atoms with van der Waals surface area (Å²) >= 11 is 0. The highest BCUT2D eigenvalue weighted by Gasteiger charge is 2.37. The van der Waals surface area contributed by atoms with E-state index in [1.54, 1.807) is 17.0 Å². The molecular formula is C22H26F2N4O4. The van der Waals surface area contributed by atoms with E-state index in [0.717, 1.165) is 12.8 Å². The number of halogens is 2. The Bertz CT molecular complexity index is 928. The van der Waals surface area contributed by atoms with E-state index >= 15 is 0 Å². The number of nitrogens with one attached hydrogen (secondary N) is 1. The maximum Gasteiger partial charge on any atom is 0.279 e. The first-order valence-corrected chi connectivity index (χ1v) is 10.9. The van der Waals surface area contributed by atoms with Gasteiger partial charge in [-0.25, -0.2) is 13.8 Å². The summed E-state index contributed by atoms with van der Waals surface area (Å²) in [4.78, 5) is 31.3. The summed E-state index contributed by atoms with van der Waals surface area (Å²) in [6, 6.07) is 4.70. The fourth-order valence-electron chi connectivity index (χ4n) is 4.32. The normalized spacial score (nSPS) is 20.8. The first-order valence-electron chi connectivity index (χ1n) is 10.9. The molecule has 1 saturated heterocycles. The van der Waals surface area contributed by atoms with Crippen LogP contribution in [0, 0.1) is 5.92 Å². The van der Waals surface area contributed by atoms with Crippen molar-refractivity contribution < 1.29 is 27.6 Å². The number of nitrogens with zero attached hydrogens (tertiary/aromatic N) is 3. The number of hydrogen-bond acceptors (Lipinski definition) is 6. The first kappa shape index (κ1) is 22.2. The fraction of sp³-hybridized carbons (Fsp3) is 0.545. The van der Waals surface area contributed by atoms with Crippen molar-refractivity contribution in [3.05, 3.63) is 36.4 Å². The summed E-state index contributed by atoms with van der Waals surface area (Å²) in [5.74, 6) is -2.51. The second-order valence-electron chi connectivity index (χ2n) is 8.39. The van der Waals surface area contributed by atoms with Crippen molar-refractivity contribution in [1.82, 2.24) is 15.0 Å². The molecule has 2 aromatic heterocycles. The van der Waals surface area contributed by atoms with Crippen LogP contribution >= 0.6 is 0 Å². The van der Waals surface area contributed by atoms with E-state index in [1.807, 2.05) is 0 Å². The van der Waals surface area contributed by atoms with E-state index in [4.69, 9.17) is 9.26 Å². The number of rotatable bonds is 7. The van der Waals surface area contributed by atoms with Crippen LogP contribution in [0.3, 0.4) is 0 Å². The van der Waals surface area contributed by atoms with Gasteiger partial charge in [-0.2, -0.15) is 0 Å². The molecule has 1 atom stereocenters. The van der Waals surface area contributed by atoms with E-state index in [2.05, 4.69) is 15.5 Å². The lowest BCUT2D eigenvalue weighted by atomic mass is 9.84. The second-order valence-corrected chi connectivity index (χ2v) is 8.39. The van der Waals surface area contributed by atoms with Crippen LogP contribution in [0.2, 0.25) is 0 Å². The average Bonchev–Trinajstić information content (AvgIpc) is 3.46. The molecule has 4 rings (SSSR count). The average molecular weight is 448 g/mol. The Morgan fingerprint density at radius 3 is 2.81 bits per heavy atom. The van der Waals surface area contributed by atoms with E-state index in [-0.39, 0.29) is 48.8 Å². The molecule has 0 bridgehead atoms. The summed E-state index contributed by atoms with van der Waals surface area (Å²) in [7, 11) is 0. The fourth-order valence-corrected chi connectivity index (χ4v) is 4.32. The number of alkyl halides is 2. The van der Waals surface area contributed by atoms with Gasteiger partial charge in [0.2, 0.25) is 11.8 Å². The Kier molecular flexibility index (Phi) is 6.66. The molecule has 172 valence electrons. The van der Waals surface area contributed by atoms with Gasteiger partial charge in [0.15, 0.2) is 17.3 Å². The number of carbonyl (C=O) groups excluding carboxylic acids is 2. The lowest BCUT2D eigenvalue weighted by Crippen LogP contribution is -2.40. The number of pyridine rings is 1. The highest BCUT2D eigenvalue weighted by molar-refractivity contribution is 6.04. The molecule has 2 fully saturated rings. The van der Waals surface area contributed by atoms with Gasteiger partial charge in [0.05, 0.1) is 6.04 Å². The van der Waals surface area contributed by atoms with Gasteiger partial charge in [-0.3, -0.25) is 9.59 Å². The summed E-state index contributed by atoms with van der Waals surface area (Å²) in [5.41, 5.74) is 0.106. The van der Waals surface area contributed by atoms with Gasteiger partial charge in [-0.15, -0.1) is 0 Å². The summed E-state index contributed by atoms with van der Waals surface area (Å²) in [6.45, 7) is 0.854. The van der Waals surface area contributed by atoms with Crippen molar-refractivity contribution in [2.75, 3.05) is 18.5 Å². The number of aromatic nitrogens is 2. The molecule has 1 aliphatic heterocycles. The van der Waals surface area contributed by atoms with Gasteiger partial charge in [-0.05, 0) is 43.7 Å². The van der Waals surface area contributed by atoms with Gasteiger partial charge in [0.25, 0.3) is 5.91 Å². The zero-order valence-electron chi connectivity index (χ0n) is 17.6. The monoisotopic (exact) mass is 448 g/mol. The standard InChI is InChI=1S/C22H26F2N4O4/c23-22(24)8-5-15(6-9-22)13-19(29)28-11-2-3-16(28)14-31-17-4-1-10-25-20(17)21(30)26-18-7-12-32-27-18/h1,4,7,10,12,15-16H,2-3,5-6,8-9,11,13-14H2,(H,26,27,30). The third-order valence-corrected chi connectivity index (χ3v) is 6.09. The predicted molar refractivity (Wildman–Crippen MR) is 110 cm³/mol. The van der Waals surface area contributed by atoms with Crippen LogP contribution in [0.1, 0.15) is 55.4 Å². The molecule has 1 N–H and O–H groups in total. The third kappa shape index (κ3) is 5.41. The molecule has 1 saturated carbocycles. The van der Waals surface area contributed by atoms with Gasteiger partial charge < -0.3 is 19.5 Å². The van der Waals surface area contributed by atoms with Crippen LogP contribution in [0.4, 0.5) is 14.6 Å². The molecule has 3 heterocycles. The highest BCUT2D eigenvalue weighted by Crippen LogP contribution is 2.38. The smallest absolute Gasteiger partial charge is 0.279 e. The zero-order chi connectivity index (χ0) is 22.6. The van der Waals surface area contributed by atoms with Crippen molar-refractivity contribution in [1.29, 1.82) is 0 Å². The molecule has 1 unspecified atom stereocenters. The van der Waals surface area contributed by atoms with Gasteiger partial charge in [0, 0.05) is 38.1 Å². The van der Waals surface area contributed by atoms with Crippen molar-refractivity contribution >= 4 is 17.6 Å². The molecule has 0 radical (unpaired) electrons. The topological polar surface area (TPSA) is 97.6 Å². The highest BCUT2D eigenvalue weighted by atomic mass is 19.3. The number of carbonyl (C=O) groups is 2. The van der Waals surface area contributed by atoms with Crippen LogP contribution in [-0.4, -0.2) is 52.0 Å². The Balaban J connectivity index is 1.33. The Morgan fingerprint density at radius 2 is 2.06 bits per heavy atom. The molecule has 2 amide bonds. The van der Waals surface area contributed by atoms with Crippen molar-refractivity contribution in [3.8, 4) is 5.75 Å². The van der Waals surface area contributed by atoms with Crippen LogP contribution in [-0.2, 0) is 4.79 Å². The molecule has 32 heavy (non-hydrogen) atoms. The summed E-state index contributed by atoms with van der Waals surface area (Å²) < 4.78 is 37.4. The molecule has 0 spiro atoms. The van der Waals surface area contributed by atoms with E-state index < -0.39 is 11.8 Å². The second kappa shape index (κ2) is 9.62. The van der Waals surface area contributed by atoms with Crippen molar-refractivity contribution in [2.24, 2.45) is 5.92 Å². The molecule has 0 aromatic carbocycles. The van der Waals surface area contributed by atoms with Gasteiger partial charge in [0.1, 0.15) is 12.9 Å². The van der Waals surface area contributed by atoms with Gasteiger partial charge >= 0.3 is 0 Å². The van der Waals surface area contributed by atoms with Crippen LogP contribution in [0.25, 0.3) is 0 Å². The van der Waals surface area contributed by atoms with E-state index in [9.17, 15) is 18.4 Å². The summed E-state index contributed by atoms with van der Waals surface area (Å²) in [5, 5.41) is 6.22. The SMILES string of the molecule is O=C(Nc1ccon1)c1ncccc1OCC1CCCN1C(=O)CC1CCC(F)(F)CC1. The molecule has 1 aliphatic carbocycles. The largest absolute Gasteiger partial charge is 0.489 e. The zero-order valence-corrected chi connectivity index (χ0v) is 17.6. The van der Waals surface area contributed by atoms with Crippen molar-refractivity contribution in [2.45, 2.75) is 56.9 Å². The van der Waals surface area contributed by atoms with E-state index in [0.29, 0.717) is 31.6 Å². The number of hydrogen-bond donors (Lipinski definition) is 1. The number of anilines is 1. The summed E-state index contributed by atoms with van der Waals surface area (Å²) in [6.07, 6.45) is 5.25. The lowest BCUT2D eigenvalue weighted by Gasteiger charge is -2.30. The van der Waals surface area contributed by atoms with Crippen LogP contribution < -0.4 is 10.1 Å². The number of amides is 2. The van der Waals surface area contributed by atoms with Gasteiger partial charge in [-0.1, -0.05) is 5.16 Å². The maximum atomic E-state index is 13.4. The minimum absolute atomic E-state index is 0.00875. The van der Waals surface area contributed by atoms with Crippen LogP contribution in [0.15, 0.2) is 35.2 Å². The molecule has 2 aromatic rings. The molecule has 10 heteroatoms. The number of ether oxygens (including phenoxy) is 1. The quantitative estimate of drug-likeness (QED) is 0.690. The Morgan fingerprint density at radius 1 is 1.25 bits per heavy atom. The minimum atomic E-state index is -2.59. The predicted octanol–water partition coefficient (Wildman–Crippen LogP) is 3.91. The maximum absolute atomic E-state index is 13.4. The number of likely N-dealkylation sites (tertiary alicyclic amines) is 1. The van der Waals surface area contributed by atoms with Crippen molar-refractivity contribution in [3.63, 3.8) is 0 Å². The Labute approximate surface area is 184 Å². The van der Waals surface area contributed by atoms with E-state index in [1.165, 1.54) is 18.5 Å². The Hall–Kier alpha value is -3.04. The third-order valence-electron chi connectivity index (χ3n) is 6.09. The van der Waals surface area contributed by atoms with Crippen LogP contribution in [0.5, 0.6) is 5.75 Å². The molecular weight excluding hydrogens is 422 g/mol.